The van der Waals surface area contributed by atoms with Crippen molar-refractivity contribution in [2.24, 2.45) is 5.73 Å². The number of rotatable bonds is 2. The van der Waals surface area contributed by atoms with Crippen LogP contribution in [0.4, 0.5) is 11.6 Å². The first-order chi connectivity index (χ1) is 19.6. The molecule has 0 saturated carbocycles. The van der Waals surface area contributed by atoms with Gasteiger partial charge in [0.1, 0.15) is 17.2 Å². The molecule has 2 fully saturated rings. The van der Waals surface area contributed by atoms with E-state index in [1.165, 1.54) is 0 Å². The van der Waals surface area contributed by atoms with Gasteiger partial charge in [0.2, 0.25) is 15.9 Å². The summed E-state index contributed by atoms with van der Waals surface area (Å²) in [6, 6.07) is 13.0. The normalized spacial score (nSPS) is 27.6. The number of carbonyl (C=O) groups excluding carboxylic acids is 1. The topological polar surface area (TPSA) is 129 Å². The molecule has 0 spiro atoms. The summed E-state index contributed by atoms with van der Waals surface area (Å²) in [5.41, 5.74) is 6.89. The highest BCUT2D eigenvalue weighted by atomic mass is 32.2. The molecule has 12 heteroatoms. The Morgan fingerprint density at radius 2 is 1.80 bits per heavy atom. The highest BCUT2D eigenvalue weighted by molar-refractivity contribution is 7.89. The summed E-state index contributed by atoms with van der Waals surface area (Å²) in [6.45, 7) is 4.46. The van der Waals surface area contributed by atoms with Crippen molar-refractivity contribution in [3.8, 4) is 0 Å². The van der Waals surface area contributed by atoms with Gasteiger partial charge < -0.3 is 20.4 Å². The van der Waals surface area contributed by atoms with Crippen molar-refractivity contribution in [2.45, 2.75) is 63.1 Å². The van der Waals surface area contributed by atoms with E-state index in [1.807, 2.05) is 52.9 Å². The molecule has 0 aliphatic carbocycles. The second kappa shape index (κ2) is 10.9. The van der Waals surface area contributed by atoms with E-state index in [1.54, 1.807) is 6.92 Å². The number of hydrogen-bond donors (Lipinski definition) is 2. The molecule has 2 aromatic heterocycles. The number of anilines is 2. The lowest BCUT2D eigenvalue weighted by molar-refractivity contribution is -0.141. The summed E-state index contributed by atoms with van der Waals surface area (Å²) >= 11 is 0. The number of nitrogens with two attached hydrogens (primary N) is 1. The molecule has 5 heterocycles. The lowest BCUT2D eigenvalue weighted by Gasteiger charge is -2.41. The number of carbonyl (C=O) groups is 1. The van der Waals surface area contributed by atoms with E-state index in [0.717, 1.165) is 61.7 Å². The molecule has 41 heavy (non-hydrogen) atoms. The molecule has 220 valence electrons. The Bertz CT molecular complexity index is 1530. The lowest BCUT2D eigenvalue weighted by Crippen LogP contribution is -2.57. The van der Waals surface area contributed by atoms with Crippen molar-refractivity contribution in [1.29, 1.82) is 0 Å². The van der Waals surface area contributed by atoms with E-state index in [0.29, 0.717) is 31.5 Å². The van der Waals surface area contributed by atoms with Crippen molar-refractivity contribution in [1.82, 2.24) is 24.2 Å². The van der Waals surface area contributed by atoms with Gasteiger partial charge in [0.15, 0.2) is 5.65 Å². The number of piperidine rings is 1. The summed E-state index contributed by atoms with van der Waals surface area (Å²) in [6.07, 6.45) is 4.57. The Labute approximate surface area is 241 Å². The predicted molar refractivity (Wildman–Crippen MR) is 159 cm³/mol. The molecule has 3 aromatic rings. The van der Waals surface area contributed by atoms with Crippen LogP contribution in [-0.2, 0) is 20.4 Å². The van der Waals surface area contributed by atoms with Gasteiger partial charge in [0, 0.05) is 51.4 Å². The molecule has 6 rings (SSSR count). The van der Waals surface area contributed by atoms with Gasteiger partial charge in [-0.25, -0.2) is 13.4 Å². The summed E-state index contributed by atoms with van der Waals surface area (Å²) in [5.74, 6) is 1.42. The first-order valence-electron chi connectivity index (χ1n) is 14.7. The monoisotopic (exact) mass is 580 g/mol. The Balaban J connectivity index is 1.48. The minimum atomic E-state index is -3.76. The number of aromatic nitrogens is 3. The van der Waals surface area contributed by atoms with Gasteiger partial charge in [0.05, 0.1) is 17.5 Å². The lowest BCUT2D eigenvalue weighted by atomic mass is 9.89. The van der Waals surface area contributed by atoms with Crippen LogP contribution in [0.3, 0.4) is 0 Å². The smallest absolute Gasteiger partial charge is 0.248 e. The molecular weight excluding hydrogens is 540 g/mol. The van der Waals surface area contributed by atoms with Crippen LogP contribution in [0.25, 0.3) is 5.65 Å². The molecule has 3 aliphatic rings. The van der Waals surface area contributed by atoms with Crippen LogP contribution in [0.5, 0.6) is 0 Å². The summed E-state index contributed by atoms with van der Waals surface area (Å²) in [4.78, 5) is 25.6. The standard InChI is InChI=1S/C29H40N8O3S/c1-29(21-10-4-3-5-11-21)28(38)36-15-7-6-12-24(36)23-18-26-31-25(35-16-13-22(30)20-35)19-27(37(26)32-23)34(2)14-8-9-17-41(39,40)33-29/h3-5,10-11,18-19,22,24,33H,6-9,12-17,20,30H2,1-2H3/t22-,24?,29?/m0/s1. The largest absolute Gasteiger partial charge is 0.359 e. The first kappa shape index (κ1) is 27.9. The van der Waals surface area contributed by atoms with Crippen LogP contribution in [-0.4, -0.2) is 78.8 Å². The molecule has 0 radical (unpaired) electrons. The third-order valence-corrected chi connectivity index (χ3v) is 10.3. The van der Waals surface area contributed by atoms with Crippen LogP contribution in [0, 0.1) is 0 Å². The fourth-order valence-corrected chi connectivity index (χ4v) is 7.95. The van der Waals surface area contributed by atoms with Crippen molar-refractivity contribution in [2.75, 3.05) is 48.8 Å². The highest BCUT2D eigenvalue weighted by Crippen LogP contribution is 2.36. The highest BCUT2D eigenvalue weighted by Gasteiger charge is 2.45. The first-order valence-corrected chi connectivity index (χ1v) is 16.3. The number of hydrogen-bond acceptors (Lipinski definition) is 8. The van der Waals surface area contributed by atoms with E-state index in [2.05, 4.69) is 20.6 Å². The summed E-state index contributed by atoms with van der Waals surface area (Å²) < 4.78 is 31.5. The third-order valence-electron chi connectivity index (χ3n) is 8.75. The van der Waals surface area contributed by atoms with Crippen LogP contribution in [0.1, 0.15) is 62.7 Å². The van der Waals surface area contributed by atoms with Gasteiger partial charge in [-0.2, -0.15) is 14.3 Å². The Hall–Kier alpha value is -3.22. The van der Waals surface area contributed by atoms with Crippen molar-refractivity contribution >= 4 is 33.2 Å². The molecular formula is C29H40N8O3S. The maximum Gasteiger partial charge on any atom is 0.248 e. The summed E-state index contributed by atoms with van der Waals surface area (Å²) in [5, 5.41) is 5.04. The van der Waals surface area contributed by atoms with Gasteiger partial charge in [-0.05, 0) is 51.0 Å². The van der Waals surface area contributed by atoms with Crippen molar-refractivity contribution in [3.63, 3.8) is 0 Å². The number of amides is 1. The fourth-order valence-electron chi connectivity index (χ4n) is 6.44. The van der Waals surface area contributed by atoms with Gasteiger partial charge in [-0.15, -0.1) is 0 Å². The van der Waals surface area contributed by atoms with Gasteiger partial charge in [0.25, 0.3) is 0 Å². The molecule has 3 N–H and O–H groups in total. The molecule has 3 atom stereocenters. The average molecular weight is 581 g/mol. The Morgan fingerprint density at radius 3 is 2.56 bits per heavy atom. The minimum absolute atomic E-state index is 0.0615. The van der Waals surface area contributed by atoms with E-state index < -0.39 is 15.6 Å². The fraction of sp³-hybridized carbons (Fsp3) is 0.552. The van der Waals surface area contributed by atoms with E-state index in [-0.39, 0.29) is 23.7 Å². The van der Waals surface area contributed by atoms with Gasteiger partial charge >= 0.3 is 0 Å². The van der Waals surface area contributed by atoms with Crippen LogP contribution >= 0.6 is 0 Å². The number of nitrogens with zero attached hydrogens (tertiary/aromatic N) is 6. The van der Waals surface area contributed by atoms with Crippen LogP contribution in [0.15, 0.2) is 42.5 Å². The number of sulfonamides is 1. The molecule has 2 saturated heterocycles. The van der Waals surface area contributed by atoms with Gasteiger partial charge in [-0.3, -0.25) is 4.79 Å². The van der Waals surface area contributed by atoms with E-state index >= 15 is 0 Å². The molecule has 3 aliphatic heterocycles. The number of benzene rings is 1. The van der Waals surface area contributed by atoms with Crippen molar-refractivity contribution in [3.05, 3.63) is 53.7 Å². The zero-order valence-corrected chi connectivity index (χ0v) is 24.7. The second-order valence-corrected chi connectivity index (χ2v) is 13.7. The third kappa shape index (κ3) is 5.40. The Morgan fingerprint density at radius 1 is 1.02 bits per heavy atom. The van der Waals surface area contributed by atoms with E-state index in [9.17, 15) is 13.2 Å². The maximum absolute atomic E-state index is 14.5. The maximum atomic E-state index is 14.5. The number of fused-ring (bicyclic) bond motifs is 3. The van der Waals surface area contributed by atoms with Gasteiger partial charge in [-0.1, -0.05) is 30.3 Å². The predicted octanol–water partition coefficient (Wildman–Crippen LogP) is 2.39. The SMILES string of the molecule is CN1CCCCS(=O)(=O)NC(C)(c2ccccc2)C(=O)N2CCCCC2c2cc3nc(N4CC[C@H](N)C4)cc1n3n2. The van der Waals surface area contributed by atoms with E-state index in [4.69, 9.17) is 15.8 Å². The molecule has 1 amide bonds. The minimum Gasteiger partial charge on any atom is -0.359 e. The van der Waals surface area contributed by atoms with Crippen molar-refractivity contribution < 1.29 is 13.2 Å². The zero-order valence-electron chi connectivity index (χ0n) is 23.9. The second-order valence-electron chi connectivity index (χ2n) is 11.9. The summed E-state index contributed by atoms with van der Waals surface area (Å²) in [7, 11) is -1.75. The van der Waals surface area contributed by atoms with Crippen LogP contribution in [0.2, 0.25) is 0 Å². The average Bonchev–Trinajstić information content (AvgIpc) is 3.60. The molecule has 1 aromatic carbocycles. The molecule has 2 bridgehead atoms. The molecule has 2 unspecified atom stereocenters. The van der Waals surface area contributed by atoms with Crippen LogP contribution < -0.4 is 20.3 Å². The molecule has 11 nitrogen and oxygen atoms in total. The number of nitrogens with one attached hydrogen (secondary N) is 1. The Kier molecular flexibility index (Phi) is 7.41. The zero-order chi connectivity index (χ0) is 28.8. The quantitative estimate of drug-likeness (QED) is 0.473.